The van der Waals surface area contributed by atoms with Crippen molar-refractivity contribution < 1.29 is 22.6 Å². The molecule has 0 aromatic heterocycles. The van der Waals surface area contributed by atoms with Crippen molar-refractivity contribution in [1.82, 2.24) is 4.31 Å². The average Bonchev–Trinajstić information content (AvgIpc) is 2.48. The molecule has 0 amide bonds. The zero-order valence-electron chi connectivity index (χ0n) is 14.1. The summed E-state index contributed by atoms with van der Waals surface area (Å²) < 4.78 is 44.2. The first kappa shape index (κ1) is 18.0. The summed E-state index contributed by atoms with van der Waals surface area (Å²) in [5, 5.41) is 0. The normalized spacial score (nSPS) is 22.8. The molecule has 1 aromatic rings. The Bertz CT molecular complexity index is 621. The fraction of sp³-hybridized carbons (Fsp3) is 0.625. The molecule has 1 fully saturated rings. The van der Waals surface area contributed by atoms with Gasteiger partial charge in [-0.25, -0.2) is 8.42 Å². The lowest BCUT2D eigenvalue weighted by molar-refractivity contribution is -0.0441. The Hall–Kier alpha value is -1.31. The lowest BCUT2D eigenvalue weighted by atomic mass is 10.3. The molecule has 0 unspecified atom stereocenters. The van der Waals surface area contributed by atoms with E-state index in [1.165, 1.54) is 10.4 Å². The molecular weight excluding hydrogens is 318 g/mol. The van der Waals surface area contributed by atoms with E-state index in [1.54, 1.807) is 12.1 Å². The summed E-state index contributed by atoms with van der Waals surface area (Å²) in [4.78, 5) is 0.145. The summed E-state index contributed by atoms with van der Waals surface area (Å²) >= 11 is 0. The second kappa shape index (κ2) is 7.51. The Labute approximate surface area is 138 Å². The summed E-state index contributed by atoms with van der Waals surface area (Å²) in [6.45, 7) is 8.96. The number of nitrogens with zero attached hydrogens (tertiary/aromatic N) is 1. The molecule has 0 N–H and O–H groups in total. The number of hydrogen-bond acceptors (Lipinski definition) is 5. The van der Waals surface area contributed by atoms with Crippen LogP contribution in [0.15, 0.2) is 23.1 Å². The predicted octanol–water partition coefficient (Wildman–Crippen LogP) is 2.28. The molecule has 1 aromatic carbocycles. The Balaban J connectivity index is 2.41. The van der Waals surface area contributed by atoms with Gasteiger partial charge in [-0.2, -0.15) is 4.31 Å². The van der Waals surface area contributed by atoms with E-state index in [1.807, 2.05) is 27.7 Å². The highest BCUT2D eigenvalue weighted by atomic mass is 32.2. The molecule has 2 rings (SSSR count). The Kier molecular flexibility index (Phi) is 5.89. The predicted molar refractivity (Wildman–Crippen MR) is 87.5 cm³/mol. The van der Waals surface area contributed by atoms with Crippen LogP contribution in [0, 0.1) is 0 Å². The molecule has 6 nitrogen and oxygen atoms in total. The molecule has 1 aliphatic rings. The Morgan fingerprint density at radius 1 is 1.13 bits per heavy atom. The summed E-state index contributed by atoms with van der Waals surface area (Å²) in [7, 11) is -3.67. The van der Waals surface area contributed by atoms with Gasteiger partial charge in [0.05, 0.1) is 25.4 Å². The van der Waals surface area contributed by atoms with Gasteiger partial charge in [-0.05, 0) is 39.8 Å². The van der Waals surface area contributed by atoms with E-state index in [-0.39, 0.29) is 17.1 Å². The first-order chi connectivity index (χ1) is 10.9. The molecule has 0 bridgehead atoms. The van der Waals surface area contributed by atoms with Crippen molar-refractivity contribution in [2.75, 3.05) is 26.3 Å². The van der Waals surface area contributed by atoms with Gasteiger partial charge >= 0.3 is 0 Å². The molecule has 130 valence electrons. The van der Waals surface area contributed by atoms with E-state index in [0.717, 1.165) is 0 Å². The first-order valence-corrected chi connectivity index (χ1v) is 9.37. The quantitative estimate of drug-likeness (QED) is 0.793. The molecule has 1 saturated heterocycles. The molecule has 0 radical (unpaired) electrons. The number of sulfonamides is 1. The van der Waals surface area contributed by atoms with E-state index in [2.05, 4.69) is 0 Å². The third-order valence-electron chi connectivity index (χ3n) is 3.53. The highest BCUT2D eigenvalue weighted by molar-refractivity contribution is 7.89. The number of benzene rings is 1. The van der Waals surface area contributed by atoms with Crippen molar-refractivity contribution in [2.24, 2.45) is 0 Å². The van der Waals surface area contributed by atoms with Gasteiger partial charge in [0, 0.05) is 19.2 Å². The maximum Gasteiger partial charge on any atom is 0.247 e. The maximum atomic E-state index is 13.1. The van der Waals surface area contributed by atoms with E-state index in [9.17, 15) is 8.42 Å². The first-order valence-electron chi connectivity index (χ1n) is 7.93. The van der Waals surface area contributed by atoms with Crippen LogP contribution in [0.5, 0.6) is 11.5 Å². The van der Waals surface area contributed by atoms with Gasteiger partial charge in [0.25, 0.3) is 0 Å². The maximum absolute atomic E-state index is 13.1. The molecule has 0 spiro atoms. The lowest BCUT2D eigenvalue weighted by Crippen LogP contribution is -2.48. The van der Waals surface area contributed by atoms with Crippen LogP contribution in [0.2, 0.25) is 0 Å². The summed E-state index contributed by atoms with van der Waals surface area (Å²) in [6, 6.07) is 4.90. The molecule has 1 heterocycles. The number of hydrogen-bond donors (Lipinski definition) is 0. The van der Waals surface area contributed by atoms with Crippen molar-refractivity contribution >= 4 is 10.0 Å². The Morgan fingerprint density at radius 2 is 1.74 bits per heavy atom. The van der Waals surface area contributed by atoms with Crippen LogP contribution in [-0.4, -0.2) is 51.2 Å². The van der Waals surface area contributed by atoms with E-state index >= 15 is 0 Å². The molecular formula is C16H25NO5S. The van der Waals surface area contributed by atoms with E-state index in [0.29, 0.717) is 37.8 Å². The van der Waals surface area contributed by atoms with Crippen LogP contribution in [0.3, 0.4) is 0 Å². The van der Waals surface area contributed by atoms with Crippen molar-refractivity contribution in [3.8, 4) is 11.5 Å². The fourth-order valence-corrected chi connectivity index (χ4v) is 4.42. The largest absolute Gasteiger partial charge is 0.494 e. The monoisotopic (exact) mass is 343 g/mol. The number of rotatable bonds is 6. The van der Waals surface area contributed by atoms with Crippen LogP contribution >= 0.6 is 0 Å². The Morgan fingerprint density at radius 3 is 2.30 bits per heavy atom. The van der Waals surface area contributed by atoms with E-state index < -0.39 is 10.0 Å². The molecule has 7 heteroatoms. The summed E-state index contributed by atoms with van der Waals surface area (Å²) in [6.07, 6.45) is -0.279. The molecule has 2 atom stereocenters. The third-order valence-corrected chi connectivity index (χ3v) is 5.38. The minimum Gasteiger partial charge on any atom is -0.494 e. The summed E-state index contributed by atoms with van der Waals surface area (Å²) in [5.74, 6) is 0.867. The van der Waals surface area contributed by atoms with Crippen LogP contribution in [-0.2, 0) is 14.8 Å². The van der Waals surface area contributed by atoms with Crippen LogP contribution in [0.25, 0.3) is 0 Å². The van der Waals surface area contributed by atoms with Gasteiger partial charge in [0.15, 0.2) is 0 Å². The van der Waals surface area contributed by atoms with Gasteiger partial charge in [-0.3, -0.25) is 0 Å². The summed E-state index contributed by atoms with van der Waals surface area (Å²) in [5.41, 5.74) is 0. The molecule has 1 aliphatic heterocycles. The fourth-order valence-electron chi connectivity index (χ4n) is 2.69. The minimum atomic E-state index is -3.67. The zero-order chi connectivity index (χ0) is 17.0. The van der Waals surface area contributed by atoms with Gasteiger partial charge in [0.1, 0.15) is 16.4 Å². The smallest absolute Gasteiger partial charge is 0.247 e. The zero-order valence-corrected chi connectivity index (χ0v) is 14.9. The van der Waals surface area contributed by atoms with Gasteiger partial charge < -0.3 is 14.2 Å². The molecule has 23 heavy (non-hydrogen) atoms. The third kappa shape index (κ3) is 4.16. The lowest BCUT2D eigenvalue weighted by Gasteiger charge is -2.34. The highest BCUT2D eigenvalue weighted by Gasteiger charge is 2.34. The number of ether oxygens (including phenoxy) is 3. The molecule has 0 aliphatic carbocycles. The SMILES string of the molecule is CCOc1ccc(OCC)c(S(=O)(=O)N2C[C@@H](C)O[C@@H](C)C2)c1. The topological polar surface area (TPSA) is 65.1 Å². The van der Waals surface area contributed by atoms with Crippen molar-refractivity contribution in [2.45, 2.75) is 44.8 Å². The van der Waals surface area contributed by atoms with Crippen molar-refractivity contribution in [3.05, 3.63) is 18.2 Å². The average molecular weight is 343 g/mol. The van der Waals surface area contributed by atoms with Gasteiger partial charge in [-0.15, -0.1) is 0 Å². The van der Waals surface area contributed by atoms with Crippen LogP contribution < -0.4 is 9.47 Å². The van der Waals surface area contributed by atoms with Crippen LogP contribution in [0.1, 0.15) is 27.7 Å². The van der Waals surface area contributed by atoms with Gasteiger partial charge in [0.2, 0.25) is 10.0 Å². The van der Waals surface area contributed by atoms with Crippen molar-refractivity contribution in [1.29, 1.82) is 0 Å². The minimum absolute atomic E-state index is 0.140. The standard InChI is InChI=1S/C16H25NO5S/c1-5-20-14-7-8-15(21-6-2)16(9-14)23(18,19)17-10-12(3)22-13(4)11-17/h7-9,12-13H,5-6,10-11H2,1-4H3/t12-,13+. The highest BCUT2D eigenvalue weighted by Crippen LogP contribution is 2.32. The van der Waals surface area contributed by atoms with Gasteiger partial charge in [-0.1, -0.05) is 0 Å². The second-order valence-corrected chi connectivity index (χ2v) is 7.46. The molecule has 0 saturated carbocycles. The van der Waals surface area contributed by atoms with Crippen molar-refractivity contribution in [3.63, 3.8) is 0 Å². The van der Waals surface area contributed by atoms with Crippen LogP contribution in [0.4, 0.5) is 0 Å². The van der Waals surface area contributed by atoms with E-state index in [4.69, 9.17) is 14.2 Å². The number of morpholine rings is 1. The second-order valence-electron chi connectivity index (χ2n) is 5.55.